The third-order valence-electron chi connectivity index (χ3n) is 8.09. The van der Waals surface area contributed by atoms with Gasteiger partial charge in [0.15, 0.2) is 0 Å². The van der Waals surface area contributed by atoms with E-state index in [2.05, 4.69) is 11.1 Å². The van der Waals surface area contributed by atoms with Crippen molar-refractivity contribution in [2.45, 2.75) is 37.4 Å². The molecule has 0 radical (unpaired) electrons. The van der Waals surface area contributed by atoms with Crippen LogP contribution in [-0.4, -0.2) is 26.4 Å². The highest BCUT2D eigenvalue weighted by atomic mass is 16.5. The van der Waals surface area contributed by atoms with Gasteiger partial charge in [-0.25, -0.2) is 0 Å². The fourth-order valence-electron chi connectivity index (χ4n) is 6.37. The van der Waals surface area contributed by atoms with E-state index in [0.717, 1.165) is 40.3 Å². The zero-order valence-electron chi connectivity index (χ0n) is 20.3. The molecule has 3 aromatic carbocycles. The summed E-state index contributed by atoms with van der Waals surface area (Å²) in [6.45, 7) is 2.37. The first-order chi connectivity index (χ1) is 17.9. The molecule has 2 bridgehead atoms. The van der Waals surface area contributed by atoms with E-state index in [1.165, 1.54) is 4.57 Å². The number of hydrogen-bond donors (Lipinski definition) is 3. The number of aromatic hydroxyl groups is 2. The van der Waals surface area contributed by atoms with Crippen LogP contribution in [0.4, 0.5) is 0 Å². The summed E-state index contributed by atoms with van der Waals surface area (Å²) in [5.74, 6) is 0.723. The van der Waals surface area contributed by atoms with Crippen LogP contribution in [0.5, 0.6) is 17.5 Å². The Labute approximate surface area is 213 Å². The average Bonchev–Trinajstić information content (AvgIpc) is 3.63. The van der Waals surface area contributed by atoms with Crippen molar-refractivity contribution >= 4 is 21.7 Å². The van der Waals surface area contributed by atoms with E-state index < -0.39 is 11.2 Å². The van der Waals surface area contributed by atoms with Gasteiger partial charge >= 0.3 is 0 Å². The molecule has 5 aromatic rings. The number of H-pyrrole nitrogens is 1. The van der Waals surface area contributed by atoms with Crippen molar-refractivity contribution in [3.05, 3.63) is 83.6 Å². The fraction of sp³-hybridized carbons (Fsp3) is 0.233. The summed E-state index contributed by atoms with van der Waals surface area (Å²) in [4.78, 5) is 3.18. The predicted octanol–water partition coefficient (Wildman–Crippen LogP) is 6.10. The maximum absolute atomic E-state index is 11.6. The van der Waals surface area contributed by atoms with Gasteiger partial charge in [-0.3, -0.25) is 4.57 Å². The fourth-order valence-corrected chi connectivity index (χ4v) is 6.37. The van der Waals surface area contributed by atoms with Crippen molar-refractivity contribution in [3.63, 3.8) is 0 Å². The van der Waals surface area contributed by atoms with Crippen LogP contribution in [0, 0.1) is 11.3 Å². The van der Waals surface area contributed by atoms with E-state index in [1.54, 1.807) is 12.1 Å². The third-order valence-corrected chi connectivity index (χ3v) is 8.09. The number of hydrogen-bond acceptors (Lipinski definition) is 5. The van der Waals surface area contributed by atoms with E-state index in [0.29, 0.717) is 35.4 Å². The summed E-state index contributed by atoms with van der Waals surface area (Å²) < 4.78 is 14.2. The highest BCUT2D eigenvalue weighted by Gasteiger charge is 2.61. The van der Waals surface area contributed by atoms with Gasteiger partial charge in [0.25, 0.3) is 0 Å². The number of benzene rings is 3. The molecular weight excluding hydrogens is 466 g/mol. The Morgan fingerprint density at radius 2 is 1.84 bits per heavy atom. The Balaban J connectivity index is 1.28. The maximum atomic E-state index is 11.6. The van der Waals surface area contributed by atoms with Crippen LogP contribution < -0.4 is 4.74 Å². The lowest BCUT2D eigenvalue weighted by Crippen LogP contribution is -2.25. The van der Waals surface area contributed by atoms with Gasteiger partial charge in [-0.2, -0.15) is 5.26 Å². The number of nitriles is 1. The molecule has 2 atom stereocenters. The van der Waals surface area contributed by atoms with Gasteiger partial charge in [0.1, 0.15) is 11.4 Å². The van der Waals surface area contributed by atoms with Gasteiger partial charge in [-0.15, -0.1) is 0 Å². The zero-order chi connectivity index (χ0) is 25.4. The molecule has 0 aliphatic carbocycles. The maximum Gasteiger partial charge on any atom is 0.205 e. The Kier molecular flexibility index (Phi) is 4.45. The molecular formula is C30H25N3O4. The highest BCUT2D eigenvalue weighted by molar-refractivity contribution is 5.95. The number of ether oxygens (including phenoxy) is 2. The van der Waals surface area contributed by atoms with E-state index in [1.807, 2.05) is 61.7 Å². The number of aromatic amines is 1. The van der Waals surface area contributed by atoms with Gasteiger partial charge in [0.05, 0.1) is 40.7 Å². The monoisotopic (exact) mass is 491 g/mol. The SMILES string of the molecule is C[C@]12CC[C@](CCOc3ccc4[nH]ccc4c3)(O1)c1c2c(O)n(-c2ccc(C#N)c3ccccc23)c1O. The minimum absolute atomic E-state index is 0.0229. The lowest BCUT2D eigenvalue weighted by atomic mass is 9.78. The average molecular weight is 492 g/mol. The van der Waals surface area contributed by atoms with Crippen molar-refractivity contribution in [2.75, 3.05) is 6.61 Å². The molecule has 0 spiro atoms. The summed E-state index contributed by atoms with van der Waals surface area (Å²) in [6.07, 6.45) is 3.89. The van der Waals surface area contributed by atoms with Crippen LogP contribution in [0.25, 0.3) is 27.4 Å². The summed E-state index contributed by atoms with van der Waals surface area (Å²) in [5.41, 5.74) is 2.04. The first-order valence-corrected chi connectivity index (χ1v) is 12.4. The van der Waals surface area contributed by atoms with Crippen LogP contribution in [-0.2, 0) is 15.9 Å². The van der Waals surface area contributed by atoms with Gasteiger partial charge in [-0.05, 0) is 56.2 Å². The number of nitrogens with one attached hydrogen (secondary N) is 1. The van der Waals surface area contributed by atoms with Crippen molar-refractivity contribution in [2.24, 2.45) is 0 Å². The van der Waals surface area contributed by atoms with Crippen molar-refractivity contribution in [1.82, 2.24) is 9.55 Å². The Bertz CT molecular complexity index is 1760. The largest absolute Gasteiger partial charge is 0.494 e. The topological polar surface area (TPSA) is 103 Å². The smallest absolute Gasteiger partial charge is 0.205 e. The third kappa shape index (κ3) is 2.96. The molecule has 2 aliphatic rings. The Morgan fingerprint density at radius 1 is 1.03 bits per heavy atom. The van der Waals surface area contributed by atoms with Gasteiger partial charge in [0, 0.05) is 34.3 Å². The zero-order valence-corrected chi connectivity index (χ0v) is 20.3. The van der Waals surface area contributed by atoms with Gasteiger partial charge < -0.3 is 24.7 Å². The van der Waals surface area contributed by atoms with Crippen molar-refractivity contribution < 1.29 is 19.7 Å². The second kappa shape index (κ2) is 7.55. The van der Waals surface area contributed by atoms with E-state index in [-0.39, 0.29) is 11.8 Å². The standard InChI is InChI=1S/C30H25N3O4/c1-29-11-12-30(37-29,13-15-36-20-7-8-23-18(16-20)10-14-32-23)26-25(29)27(34)33(28(26)35)24-9-6-19(17-31)21-4-2-3-5-22(21)24/h2-10,14,16,32,34-35H,11-13,15H2,1H3/t29-,30-/m1/s1. The molecule has 0 unspecified atom stereocenters. The minimum Gasteiger partial charge on any atom is -0.494 e. The van der Waals surface area contributed by atoms with Crippen LogP contribution in [0.15, 0.2) is 66.9 Å². The molecule has 7 rings (SSSR count). The molecule has 4 heterocycles. The normalized spacial score (nSPS) is 21.9. The Hall–Kier alpha value is -4.41. The molecule has 37 heavy (non-hydrogen) atoms. The second-order valence-corrected chi connectivity index (χ2v) is 10.2. The molecule has 1 saturated heterocycles. The first kappa shape index (κ1) is 21.8. The molecule has 1 fully saturated rings. The van der Waals surface area contributed by atoms with E-state index >= 15 is 0 Å². The van der Waals surface area contributed by atoms with Gasteiger partial charge in [0.2, 0.25) is 11.8 Å². The number of fused-ring (bicyclic) bond motifs is 7. The van der Waals surface area contributed by atoms with Crippen LogP contribution in [0.1, 0.15) is 42.9 Å². The number of aromatic nitrogens is 2. The quantitative estimate of drug-likeness (QED) is 0.276. The second-order valence-electron chi connectivity index (χ2n) is 10.2. The van der Waals surface area contributed by atoms with Crippen molar-refractivity contribution in [1.29, 1.82) is 5.26 Å². The van der Waals surface area contributed by atoms with Crippen LogP contribution >= 0.6 is 0 Å². The molecule has 7 heteroatoms. The molecule has 2 aromatic heterocycles. The van der Waals surface area contributed by atoms with Gasteiger partial charge in [-0.1, -0.05) is 24.3 Å². The number of nitrogens with zero attached hydrogens (tertiary/aromatic N) is 2. The van der Waals surface area contributed by atoms with E-state index in [4.69, 9.17) is 9.47 Å². The Morgan fingerprint density at radius 3 is 2.68 bits per heavy atom. The molecule has 2 aliphatic heterocycles. The lowest BCUT2D eigenvalue weighted by molar-refractivity contribution is -0.0876. The summed E-state index contributed by atoms with van der Waals surface area (Å²) in [7, 11) is 0. The molecule has 184 valence electrons. The van der Waals surface area contributed by atoms with Crippen molar-refractivity contribution in [3.8, 4) is 29.3 Å². The summed E-state index contributed by atoms with van der Waals surface area (Å²) >= 11 is 0. The number of rotatable bonds is 5. The molecule has 3 N–H and O–H groups in total. The van der Waals surface area contributed by atoms with Crippen LogP contribution in [0.2, 0.25) is 0 Å². The van der Waals surface area contributed by atoms with Crippen LogP contribution in [0.3, 0.4) is 0 Å². The summed E-state index contributed by atoms with van der Waals surface area (Å²) in [5, 5.41) is 35.3. The molecule has 7 nitrogen and oxygen atoms in total. The van der Waals surface area contributed by atoms with E-state index in [9.17, 15) is 15.5 Å². The highest BCUT2D eigenvalue weighted by Crippen LogP contribution is 2.65. The predicted molar refractivity (Wildman–Crippen MR) is 139 cm³/mol. The molecule has 0 saturated carbocycles. The minimum atomic E-state index is -0.752. The first-order valence-electron chi connectivity index (χ1n) is 12.4. The molecule has 0 amide bonds. The lowest BCUT2D eigenvalue weighted by Gasteiger charge is -2.26. The summed E-state index contributed by atoms with van der Waals surface area (Å²) in [6, 6.07) is 21.2.